The number of likely N-dealkylation sites (tertiary alicyclic amines) is 1. The predicted molar refractivity (Wildman–Crippen MR) is 102 cm³/mol. The number of carbonyl (C=O) groups is 2. The first kappa shape index (κ1) is 17.8. The molecule has 0 unspecified atom stereocenters. The van der Waals surface area contributed by atoms with E-state index in [0.717, 1.165) is 24.2 Å². The Labute approximate surface area is 159 Å². The predicted octanol–water partition coefficient (Wildman–Crippen LogP) is 3.38. The minimum absolute atomic E-state index is 0.00739. The molecule has 0 bridgehead atoms. The molecule has 0 saturated carbocycles. The molecule has 0 radical (unpaired) electrons. The number of benzene rings is 1. The van der Waals surface area contributed by atoms with Crippen molar-refractivity contribution in [3.8, 4) is 0 Å². The van der Waals surface area contributed by atoms with E-state index in [2.05, 4.69) is 23.5 Å². The van der Waals surface area contributed by atoms with Gasteiger partial charge in [-0.05, 0) is 61.4 Å². The van der Waals surface area contributed by atoms with Gasteiger partial charge < -0.3 is 14.6 Å². The highest BCUT2D eigenvalue weighted by Crippen LogP contribution is 2.26. The summed E-state index contributed by atoms with van der Waals surface area (Å²) in [4.78, 5) is 26.6. The molecule has 2 heterocycles. The highest BCUT2D eigenvalue weighted by molar-refractivity contribution is 5.89. The third-order valence-electron chi connectivity index (χ3n) is 5.74. The van der Waals surface area contributed by atoms with Gasteiger partial charge in [-0.15, -0.1) is 0 Å². The monoisotopic (exact) mass is 366 g/mol. The lowest BCUT2D eigenvalue weighted by Gasteiger charge is -2.21. The van der Waals surface area contributed by atoms with Gasteiger partial charge in [-0.1, -0.05) is 18.2 Å². The van der Waals surface area contributed by atoms with E-state index in [-0.39, 0.29) is 30.2 Å². The largest absolute Gasteiger partial charge is 0.467 e. The Morgan fingerprint density at radius 1 is 1.26 bits per heavy atom. The number of aryl methyl sites for hydroxylation is 2. The summed E-state index contributed by atoms with van der Waals surface area (Å²) in [5.74, 6) is 0.405. The second-order valence-electron chi connectivity index (χ2n) is 7.72. The third kappa shape index (κ3) is 3.92. The van der Waals surface area contributed by atoms with Crippen LogP contribution in [0.4, 0.5) is 0 Å². The van der Waals surface area contributed by atoms with Crippen molar-refractivity contribution in [2.45, 2.75) is 51.6 Å². The SMILES string of the molecule is C[C@@H](NC(=O)[C@@H]1CC(=O)N(Cc2ccco2)C1)c1ccc2c(c1)CCCC2. The number of nitrogens with one attached hydrogen (secondary N) is 1. The Kier molecular flexibility index (Phi) is 5.01. The molecule has 1 fully saturated rings. The molecule has 1 saturated heterocycles. The lowest BCUT2D eigenvalue weighted by Crippen LogP contribution is -2.34. The molecular weight excluding hydrogens is 340 g/mol. The summed E-state index contributed by atoms with van der Waals surface area (Å²) in [5.41, 5.74) is 4.00. The van der Waals surface area contributed by atoms with Gasteiger partial charge in [-0.2, -0.15) is 0 Å². The van der Waals surface area contributed by atoms with Crippen LogP contribution in [0.25, 0.3) is 0 Å². The van der Waals surface area contributed by atoms with Crippen LogP contribution in [-0.4, -0.2) is 23.3 Å². The first-order valence-electron chi connectivity index (χ1n) is 9.82. The first-order valence-corrected chi connectivity index (χ1v) is 9.82. The van der Waals surface area contributed by atoms with Crippen molar-refractivity contribution >= 4 is 11.8 Å². The molecule has 1 aliphatic heterocycles. The van der Waals surface area contributed by atoms with Crippen LogP contribution in [0.5, 0.6) is 0 Å². The number of fused-ring (bicyclic) bond motifs is 1. The van der Waals surface area contributed by atoms with Gasteiger partial charge >= 0.3 is 0 Å². The van der Waals surface area contributed by atoms with E-state index in [4.69, 9.17) is 4.42 Å². The second-order valence-corrected chi connectivity index (χ2v) is 7.72. The second kappa shape index (κ2) is 7.59. The Hall–Kier alpha value is -2.56. The molecule has 2 amide bonds. The zero-order chi connectivity index (χ0) is 18.8. The van der Waals surface area contributed by atoms with Crippen LogP contribution in [0.2, 0.25) is 0 Å². The highest BCUT2D eigenvalue weighted by atomic mass is 16.3. The van der Waals surface area contributed by atoms with Crippen LogP contribution >= 0.6 is 0 Å². The van der Waals surface area contributed by atoms with Gasteiger partial charge in [0, 0.05) is 13.0 Å². The zero-order valence-corrected chi connectivity index (χ0v) is 15.7. The Morgan fingerprint density at radius 3 is 2.85 bits per heavy atom. The molecule has 1 aromatic carbocycles. The summed E-state index contributed by atoms with van der Waals surface area (Å²) in [6, 6.07) is 10.2. The molecular formula is C22H26N2O3. The fraction of sp³-hybridized carbons (Fsp3) is 0.455. The number of carbonyl (C=O) groups excluding carboxylic acids is 2. The van der Waals surface area contributed by atoms with E-state index in [1.165, 1.54) is 24.0 Å². The van der Waals surface area contributed by atoms with Crippen molar-refractivity contribution in [3.63, 3.8) is 0 Å². The third-order valence-corrected chi connectivity index (χ3v) is 5.74. The van der Waals surface area contributed by atoms with Crippen LogP contribution in [-0.2, 0) is 29.0 Å². The molecule has 1 N–H and O–H groups in total. The molecule has 5 nitrogen and oxygen atoms in total. The summed E-state index contributed by atoms with van der Waals surface area (Å²) in [5, 5.41) is 3.10. The van der Waals surface area contributed by atoms with Gasteiger partial charge in [0.1, 0.15) is 5.76 Å². The van der Waals surface area contributed by atoms with E-state index < -0.39 is 0 Å². The van der Waals surface area contributed by atoms with Gasteiger partial charge in [0.05, 0.1) is 24.8 Å². The van der Waals surface area contributed by atoms with Crippen molar-refractivity contribution < 1.29 is 14.0 Å². The molecule has 5 heteroatoms. The number of nitrogens with zero attached hydrogens (tertiary/aromatic N) is 1. The fourth-order valence-corrected chi connectivity index (χ4v) is 4.13. The lowest BCUT2D eigenvalue weighted by atomic mass is 9.89. The number of amides is 2. The molecule has 4 rings (SSSR count). The quantitative estimate of drug-likeness (QED) is 0.882. The molecule has 2 aromatic rings. The van der Waals surface area contributed by atoms with Crippen molar-refractivity contribution in [2.75, 3.05) is 6.54 Å². The lowest BCUT2D eigenvalue weighted by molar-refractivity contribution is -0.129. The average Bonchev–Trinajstić information content (AvgIpc) is 3.32. The number of rotatable bonds is 5. The molecule has 27 heavy (non-hydrogen) atoms. The van der Waals surface area contributed by atoms with E-state index in [1.807, 2.05) is 13.0 Å². The van der Waals surface area contributed by atoms with Crippen LogP contribution in [0.1, 0.15) is 54.7 Å². The van der Waals surface area contributed by atoms with Gasteiger partial charge in [-0.3, -0.25) is 9.59 Å². The molecule has 1 aliphatic carbocycles. The van der Waals surface area contributed by atoms with Crippen molar-refractivity contribution in [1.82, 2.24) is 10.2 Å². The maximum absolute atomic E-state index is 12.7. The summed E-state index contributed by atoms with van der Waals surface area (Å²) >= 11 is 0. The van der Waals surface area contributed by atoms with Crippen molar-refractivity contribution in [2.24, 2.45) is 5.92 Å². The van der Waals surface area contributed by atoms with Gasteiger partial charge in [-0.25, -0.2) is 0 Å². The molecule has 2 aliphatic rings. The van der Waals surface area contributed by atoms with E-state index in [0.29, 0.717) is 13.1 Å². The van der Waals surface area contributed by atoms with Gasteiger partial charge in [0.15, 0.2) is 0 Å². The van der Waals surface area contributed by atoms with Gasteiger partial charge in [0.2, 0.25) is 11.8 Å². The minimum Gasteiger partial charge on any atom is -0.467 e. The molecule has 1 aromatic heterocycles. The maximum Gasteiger partial charge on any atom is 0.225 e. The topological polar surface area (TPSA) is 62.6 Å². The van der Waals surface area contributed by atoms with E-state index in [9.17, 15) is 9.59 Å². The Morgan fingerprint density at radius 2 is 2.07 bits per heavy atom. The Balaban J connectivity index is 1.36. The van der Waals surface area contributed by atoms with Crippen molar-refractivity contribution in [3.05, 3.63) is 59.0 Å². The van der Waals surface area contributed by atoms with Crippen molar-refractivity contribution in [1.29, 1.82) is 0 Å². The van der Waals surface area contributed by atoms with E-state index in [1.54, 1.807) is 17.2 Å². The van der Waals surface area contributed by atoms with E-state index >= 15 is 0 Å². The minimum atomic E-state index is -0.299. The number of hydrogen-bond donors (Lipinski definition) is 1. The molecule has 142 valence electrons. The Bertz CT molecular complexity index is 828. The summed E-state index contributed by atoms with van der Waals surface area (Å²) in [7, 11) is 0. The van der Waals surface area contributed by atoms with Crippen LogP contribution < -0.4 is 5.32 Å². The highest BCUT2D eigenvalue weighted by Gasteiger charge is 2.35. The molecule has 2 atom stereocenters. The zero-order valence-electron chi connectivity index (χ0n) is 15.7. The van der Waals surface area contributed by atoms with Gasteiger partial charge in [0.25, 0.3) is 0 Å². The number of hydrogen-bond acceptors (Lipinski definition) is 3. The fourth-order valence-electron chi connectivity index (χ4n) is 4.13. The van der Waals surface area contributed by atoms with Crippen LogP contribution in [0.15, 0.2) is 41.0 Å². The van der Waals surface area contributed by atoms with Crippen LogP contribution in [0.3, 0.4) is 0 Å². The summed E-state index contributed by atoms with van der Waals surface area (Å²) in [6.45, 7) is 2.89. The normalized spacial score (nSPS) is 20.4. The molecule has 0 spiro atoms. The average molecular weight is 366 g/mol. The maximum atomic E-state index is 12.7. The smallest absolute Gasteiger partial charge is 0.225 e. The standard InChI is InChI=1S/C22H26N2O3/c1-15(17-9-8-16-5-2-3-6-18(16)11-17)23-22(26)19-12-21(25)24(13-19)14-20-7-4-10-27-20/h4,7-11,15,19H,2-3,5-6,12-14H2,1H3,(H,23,26)/t15-,19-/m1/s1. The number of furan rings is 1. The summed E-state index contributed by atoms with van der Waals surface area (Å²) in [6.07, 6.45) is 6.66. The van der Waals surface area contributed by atoms with Crippen LogP contribution in [0, 0.1) is 5.92 Å². The summed E-state index contributed by atoms with van der Waals surface area (Å²) < 4.78 is 5.31. The first-order chi connectivity index (χ1) is 13.1.